The molecule has 8 heteroatoms. The molecule has 1 heterocycles. The minimum absolute atomic E-state index is 0.0663. The van der Waals surface area contributed by atoms with E-state index < -0.39 is 5.97 Å². The van der Waals surface area contributed by atoms with Crippen LogP contribution in [0, 0.1) is 6.92 Å². The Labute approximate surface area is 140 Å². The number of ether oxygens (including phenoxy) is 1. The van der Waals surface area contributed by atoms with Gasteiger partial charge in [-0.05, 0) is 35.0 Å². The van der Waals surface area contributed by atoms with E-state index >= 15 is 0 Å². The number of carbonyl (C=O) groups is 1. The van der Waals surface area contributed by atoms with Crippen molar-refractivity contribution in [1.82, 2.24) is 9.78 Å². The lowest BCUT2D eigenvalue weighted by Gasteiger charge is -2.05. The normalized spacial score (nSPS) is 11.4. The predicted molar refractivity (Wildman–Crippen MR) is 87.0 cm³/mol. The lowest BCUT2D eigenvalue weighted by molar-refractivity contribution is -0.133. The molecule has 0 fully saturated rings. The summed E-state index contributed by atoms with van der Waals surface area (Å²) in [6.07, 6.45) is 0. The molecule has 0 radical (unpaired) electrons. The second kappa shape index (κ2) is 6.93. The zero-order valence-corrected chi connectivity index (χ0v) is 14.5. The largest absolute Gasteiger partial charge is 0.463 e. The van der Waals surface area contributed by atoms with Crippen LogP contribution in [0.5, 0.6) is 0 Å². The van der Waals surface area contributed by atoms with Gasteiger partial charge in [0.2, 0.25) is 0 Å². The van der Waals surface area contributed by atoms with Crippen LogP contribution in [-0.2, 0) is 14.4 Å². The molecule has 1 aromatic carbocycles. The first-order chi connectivity index (χ1) is 10.5. The third kappa shape index (κ3) is 3.15. The van der Waals surface area contributed by atoms with E-state index in [1.54, 1.807) is 19.1 Å². The Balaban J connectivity index is 2.56. The molecule has 0 aliphatic heterocycles. The monoisotopic (exact) mass is 385 g/mol. The number of esters is 1. The van der Waals surface area contributed by atoms with Gasteiger partial charge in [-0.2, -0.15) is 5.10 Å². The first kappa shape index (κ1) is 16.5. The maximum atomic E-state index is 11.8. The minimum Gasteiger partial charge on any atom is -0.463 e. The van der Waals surface area contributed by atoms with Crippen molar-refractivity contribution in [1.29, 1.82) is 0 Å². The molecule has 116 valence electrons. The topological polar surface area (TPSA) is 65.7 Å². The average Bonchev–Trinajstić information content (AvgIpc) is 2.81. The fourth-order valence-corrected chi connectivity index (χ4v) is 2.42. The smallest absolute Gasteiger partial charge is 0.379 e. The number of benzene rings is 1. The number of aromatic nitrogens is 2. The molecule has 6 nitrogen and oxygen atoms in total. The number of rotatable bonds is 2. The van der Waals surface area contributed by atoms with Gasteiger partial charge >= 0.3 is 5.97 Å². The summed E-state index contributed by atoms with van der Waals surface area (Å²) in [5, 5.41) is 8.73. The van der Waals surface area contributed by atoms with Gasteiger partial charge < -0.3 is 9.57 Å². The number of oxime groups is 1. The highest BCUT2D eigenvalue weighted by molar-refractivity contribution is 9.10. The van der Waals surface area contributed by atoms with Crippen LogP contribution in [-0.4, -0.2) is 35.8 Å². The van der Waals surface area contributed by atoms with Gasteiger partial charge in [0.1, 0.15) is 12.8 Å². The summed E-state index contributed by atoms with van der Waals surface area (Å²) in [4.78, 5) is 16.5. The van der Waals surface area contributed by atoms with Gasteiger partial charge in [-0.15, -0.1) is 0 Å². The van der Waals surface area contributed by atoms with E-state index in [1.165, 1.54) is 18.9 Å². The Morgan fingerprint density at radius 2 is 1.95 bits per heavy atom. The van der Waals surface area contributed by atoms with Crippen LogP contribution in [0.3, 0.4) is 0 Å². The molecule has 0 bridgehead atoms. The number of hydrogen-bond acceptors (Lipinski definition) is 5. The SMILES string of the molecule is CO/N=C(\C(=O)OC)n1nc(-c2ccc(Cl)cc2)c(Br)c1C. The molecule has 0 aliphatic rings. The second-order valence-electron chi connectivity index (χ2n) is 4.26. The Hall–Kier alpha value is -1.86. The fourth-order valence-electron chi connectivity index (χ4n) is 1.82. The van der Waals surface area contributed by atoms with Crippen molar-refractivity contribution >= 4 is 39.3 Å². The highest BCUT2D eigenvalue weighted by Gasteiger charge is 2.23. The zero-order chi connectivity index (χ0) is 16.3. The van der Waals surface area contributed by atoms with Crippen LogP contribution in [0.15, 0.2) is 33.9 Å². The van der Waals surface area contributed by atoms with Crippen LogP contribution in [0.4, 0.5) is 0 Å². The molecule has 0 unspecified atom stereocenters. The van der Waals surface area contributed by atoms with Crippen LogP contribution >= 0.6 is 27.5 Å². The summed E-state index contributed by atoms with van der Waals surface area (Å²) in [7, 11) is 2.61. The van der Waals surface area contributed by atoms with Gasteiger partial charge in [0.05, 0.1) is 17.3 Å². The maximum Gasteiger partial charge on any atom is 0.379 e. The minimum atomic E-state index is -0.650. The Morgan fingerprint density at radius 3 is 2.50 bits per heavy atom. The summed E-state index contributed by atoms with van der Waals surface area (Å²) < 4.78 is 6.80. The average molecular weight is 387 g/mol. The molecule has 0 atom stereocenters. The van der Waals surface area contributed by atoms with Gasteiger partial charge in [0.25, 0.3) is 5.84 Å². The van der Waals surface area contributed by atoms with Crippen LogP contribution in [0.25, 0.3) is 11.3 Å². The fraction of sp³-hybridized carbons (Fsp3) is 0.214. The zero-order valence-electron chi connectivity index (χ0n) is 12.1. The van der Waals surface area contributed by atoms with Gasteiger partial charge in [-0.3, -0.25) is 0 Å². The first-order valence-corrected chi connectivity index (χ1v) is 7.37. The van der Waals surface area contributed by atoms with Crippen molar-refractivity contribution in [3.05, 3.63) is 39.5 Å². The molecule has 1 aromatic heterocycles. The summed E-state index contributed by atoms with van der Waals surface area (Å²) in [6, 6.07) is 7.21. The van der Waals surface area contributed by atoms with E-state index in [-0.39, 0.29) is 5.84 Å². The van der Waals surface area contributed by atoms with Crippen molar-refractivity contribution in [3.8, 4) is 11.3 Å². The molecular formula is C14H13BrClN3O3. The molecule has 0 amide bonds. The van der Waals surface area contributed by atoms with E-state index in [9.17, 15) is 4.79 Å². The molecule has 0 spiro atoms. The quantitative estimate of drug-likeness (QED) is 0.344. The molecule has 0 saturated carbocycles. The van der Waals surface area contributed by atoms with E-state index in [0.717, 1.165) is 10.0 Å². The number of methoxy groups -OCH3 is 1. The lowest BCUT2D eigenvalue weighted by Crippen LogP contribution is -2.26. The van der Waals surface area contributed by atoms with Gasteiger partial charge in [-0.25, -0.2) is 9.48 Å². The second-order valence-corrected chi connectivity index (χ2v) is 5.49. The van der Waals surface area contributed by atoms with Gasteiger partial charge in [0, 0.05) is 10.6 Å². The molecule has 2 rings (SSSR count). The number of carbonyl (C=O) groups excluding carboxylic acids is 1. The molecule has 22 heavy (non-hydrogen) atoms. The van der Waals surface area contributed by atoms with Crippen LogP contribution in [0.1, 0.15) is 5.69 Å². The number of halogens is 2. The summed E-state index contributed by atoms with van der Waals surface area (Å²) in [6.45, 7) is 1.80. The van der Waals surface area contributed by atoms with Crippen molar-refractivity contribution in [2.75, 3.05) is 14.2 Å². The Morgan fingerprint density at radius 1 is 1.32 bits per heavy atom. The highest BCUT2D eigenvalue weighted by Crippen LogP contribution is 2.30. The lowest BCUT2D eigenvalue weighted by atomic mass is 10.1. The third-order valence-electron chi connectivity index (χ3n) is 2.91. The molecule has 0 aliphatic carbocycles. The summed E-state index contributed by atoms with van der Waals surface area (Å²) >= 11 is 9.38. The number of hydrogen-bond donors (Lipinski definition) is 0. The van der Waals surface area contributed by atoms with Crippen molar-refractivity contribution in [2.45, 2.75) is 6.92 Å². The van der Waals surface area contributed by atoms with Crippen molar-refractivity contribution in [3.63, 3.8) is 0 Å². The van der Waals surface area contributed by atoms with Gasteiger partial charge in [0.15, 0.2) is 0 Å². The van der Waals surface area contributed by atoms with Crippen LogP contribution in [0.2, 0.25) is 5.02 Å². The van der Waals surface area contributed by atoms with E-state index in [1.807, 2.05) is 12.1 Å². The molecule has 0 N–H and O–H groups in total. The first-order valence-electron chi connectivity index (χ1n) is 6.20. The van der Waals surface area contributed by atoms with E-state index in [0.29, 0.717) is 16.4 Å². The predicted octanol–water partition coefficient (Wildman–Crippen LogP) is 3.26. The Bertz CT molecular complexity index is 726. The molecular weight excluding hydrogens is 374 g/mol. The maximum absolute atomic E-state index is 11.8. The number of nitrogens with zero attached hydrogens (tertiary/aromatic N) is 3. The molecule has 2 aromatic rings. The standard InChI is InChI=1S/C14H13BrClN3O3/c1-8-11(15)12(9-4-6-10(16)7-5-9)17-19(8)13(18-22-3)14(20)21-2/h4-7H,1-3H3/b18-13+. The summed E-state index contributed by atoms with van der Waals surface area (Å²) in [5.74, 6) is -0.717. The van der Waals surface area contributed by atoms with Crippen LogP contribution < -0.4 is 0 Å². The van der Waals surface area contributed by atoms with E-state index in [4.69, 9.17) is 21.2 Å². The van der Waals surface area contributed by atoms with E-state index in [2.05, 4.69) is 26.2 Å². The molecule has 0 saturated heterocycles. The van der Waals surface area contributed by atoms with Crippen molar-refractivity contribution < 1.29 is 14.4 Å². The van der Waals surface area contributed by atoms with Gasteiger partial charge in [-0.1, -0.05) is 28.9 Å². The third-order valence-corrected chi connectivity index (χ3v) is 4.11. The Kier molecular flexibility index (Phi) is 5.20. The van der Waals surface area contributed by atoms with Crippen molar-refractivity contribution in [2.24, 2.45) is 5.16 Å². The summed E-state index contributed by atoms with van der Waals surface area (Å²) in [5.41, 5.74) is 2.19. The highest BCUT2D eigenvalue weighted by atomic mass is 79.9.